The van der Waals surface area contributed by atoms with Gasteiger partial charge in [-0.3, -0.25) is 0 Å². The minimum atomic E-state index is -3.01. The first-order chi connectivity index (χ1) is 7.10. The molecule has 0 aromatic heterocycles. The molecule has 0 aromatic carbocycles. The summed E-state index contributed by atoms with van der Waals surface area (Å²) in [5.41, 5.74) is 5.33. The Morgan fingerprint density at radius 1 is 1.40 bits per heavy atom. The molecule has 6 heteroatoms. The molecular weight excluding hydrogens is 216 g/mol. The molecule has 1 heterocycles. The second kappa shape index (κ2) is 5.79. The van der Waals surface area contributed by atoms with Crippen LogP contribution in [0.4, 0.5) is 0 Å². The largest absolute Gasteiger partial charge is 0.377 e. The van der Waals surface area contributed by atoms with Gasteiger partial charge in [-0.2, -0.15) is 0 Å². The Bertz CT molecular complexity index is 271. The van der Waals surface area contributed by atoms with Crippen molar-refractivity contribution in [2.45, 2.75) is 25.9 Å². The smallest absolute Gasteiger partial charge is 0.213 e. The molecule has 0 unspecified atom stereocenters. The molecule has 0 atom stereocenters. The molecule has 90 valence electrons. The van der Waals surface area contributed by atoms with Gasteiger partial charge in [0.15, 0.2) is 0 Å². The van der Waals surface area contributed by atoms with Crippen molar-refractivity contribution in [2.24, 2.45) is 5.73 Å². The van der Waals surface area contributed by atoms with Gasteiger partial charge in [0, 0.05) is 19.6 Å². The van der Waals surface area contributed by atoms with Crippen molar-refractivity contribution in [1.29, 1.82) is 0 Å². The van der Waals surface area contributed by atoms with Crippen LogP contribution in [0.2, 0.25) is 0 Å². The van der Waals surface area contributed by atoms with Crippen LogP contribution >= 0.6 is 0 Å². The van der Waals surface area contributed by atoms with Crippen LogP contribution < -0.4 is 5.73 Å². The van der Waals surface area contributed by atoms with Gasteiger partial charge in [-0.15, -0.1) is 0 Å². The van der Waals surface area contributed by atoms with Crippen molar-refractivity contribution in [3.8, 4) is 0 Å². The van der Waals surface area contributed by atoms with Crippen LogP contribution in [0.15, 0.2) is 0 Å². The molecule has 2 N–H and O–H groups in total. The molecule has 0 aliphatic carbocycles. The number of rotatable bonds is 5. The summed E-state index contributed by atoms with van der Waals surface area (Å²) in [5.74, 6) is 0.182. The van der Waals surface area contributed by atoms with Crippen molar-refractivity contribution >= 4 is 10.0 Å². The number of nitrogens with zero attached hydrogens (tertiary/aromatic N) is 1. The van der Waals surface area contributed by atoms with Gasteiger partial charge in [0.05, 0.1) is 18.5 Å². The molecule has 0 spiro atoms. The molecule has 1 aliphatic heterocycles. The maximum absolute atomic E-state index is 11.5. The quantitative estimate of drug-likeness (QED) is 0.716. The van der Waals surface area contributed by atoms with E-state index in [1.54, 1.807) is 11.2 Å². The van der Waals surface area contributed by atoms with Crippen LogP contribution in [0.1, 0.15) is 19.8 Å². The highest BCUT2D eigenvalue weighted by atomic mass is 32.2. The van der Waals surface area contributed by atoms with Crippen molar-refractivity contribution in [3.63, 3.8) is 0 Å². The normalized spacial score (nSPS) is 20.7. The monoisotopic (exact) mass is 236 g/mol. The van der Waals surface area contributed by atoms with E-state index in [0.717, 1.165) is 12.8 Å². The summed E-state index contributed by atoms with van der Waals surface area (Å²) >= 11 is 0. The number of nitrogens with two attached hydrogens (primary N) is 1. The molecule has 1 rings (SSSR count). The Morgan fingerprint density at radius 2 is 2.00 bits per heavy atom. The molecule has 0 amide bonds. The SMILES string of the molecule is CCS(=O)(=O)N1CCC(OCCN)CC1. The van der Waals surface area contributed by atoms with E-state index in [1.165, 1.54) is 0 Å². The van der Waals surface area contributed by atoms with E-state index in [9.17, 15) is 8.42 Å². The Labute approximate surface area is 91.6 Å². The maximum atomic E-state index is 11.5. The third kappa shape index (κ3) is 3.71. The minimum absolute atomic E-state index is 0.178. The lowest BCUT2D eigenvalue weighted by Gasteiger charge is -2.30. The van der Waals surface area contributed by atoms with Crippen LogP contribution in [0, 0.1) is 0 Å². The van der Waals surface area contributed by atoms with E-state index in [1.807, 2.05) is 0 Å². The molecule has 15 heavy (non-hydrogen) atoms. The standard InChI is InChI=1S/C9H20N2O3S/c1-2-15(12,13)11-6-3-9(4-7-11)14-8-5-10/h9H,2-8,10H2,1H3. The van der Waals surface area contributed by atoms with Crippen LogP contribution in [0.25, 0.3) is 0 Å². The molecule has 0 bridgehead atoms. The zero-order chi connectivity index (χ0) is 11.3. The van der Waals surface area contributed by atoms with Crippen LogP contribution in [-0.2, 0) is 14.8 Å². The summed E-state index contributed by atoms with van der Waals surface area (Å²) in [7, 11) is -3.01. The Balaban J connectivity index is 2.36. The van der Waals surface area contributed by atoms with Gasteiger partial charge in [0.1, 0.15) is 0 Å². The topological polar surface area (TPSA) is 72.6 Å². The van der Waals surface area contributed by atoms with Gasteiger partial charge in [-0.05, 0) is 19.8 Å². The summed E-state index contributed by atoms with van der Waals surface area (Å²) in [4.78, 5) is 0. The lowest BCUT2D eigenvalue weighted by Crippen LogP contribution is -2.41. The van der Waals surface area contributed by atoms with Gasteiger partial charge in [-0.25, -0.2) is 12.7 Å². The fourth-order valence-corrected chi connectivity index (χ4v) is 2.83. The number of sulfonamides is 1. The third-order valence-corrected chi connectivity index (χ3v) is 4.51. The van der Waals surface area contributed by atoms with E-state index in [4.69, 9.17) is 10.5 Å². The highest BCUT2D eigenvalue weighted by Crippen LogP contribution is 2.16. The Hall–Kier alpha value is -0.170. The molecule has 0 radical (unpaired) electrons. The van der Waals surface area contributed by atoms with Gasteiger partial charge in [0.2, 0.25) is 10.0 Å². The summed E-state index contributed by atoms with van der Waals surface area (Å²) in [5, 5.41) is 0. The van der Waals surface area contributed by atoms with Gasteiger partial charge in [-0.1, -0.05) is 0 Å². The van der Waals surface area contributed by atoms with Gasteiger partial charge in [0.25, 0.3) is 0 Å². The molecule has 1 aliphatic rings. The van der Waals surface area contributed by atoms with E-state index in [0.29, 0.717) is 26.2 Å². The second-order valence-corrected chi connectivity index (χ2v) is 5.92. The number of ether oxygens (including phenoxy) is 1. The summed E-state index contributed by atoms with van der Waals surface area (Å²) in [6.45, 7) is 3.90. The fraction of sp³-hybridized carbons (Fsp3) is 1.00. The molecular formula is C9H20N2O3S. The molecule has 0 saturated carbocycles. The third-order valence-electron chi connectivity index (χ3n) is 2.63. The lowest BCUT2D eigenvalue weighted by molar-refractivity contribution is 0.0258. The lowest BCUT2D eigenvalue weighted by atomic mass is 10.1. The zero-order valence-electron chi connectivity index (χ0n) is 9.18. The predicted molar refractivity (Wildman–Crippen MR) is 59.1 cm³/mol. The van der Waals surface area contributed by atoms with Crippen molar-refractivity contribution in [1.82, 2.24) is 4.31 Å². The first-order valence-corrected chi connectivity index (χ1v) is 7.00. The zero-order valence-corrected chi connectivity index (χ0v) is 10.0. The first-order valence-electron chi connectivity index (χ1n) is 5.39. The van der Waals surface area contributed by atoms with Crippen molar-refractivity contribution < 1.29 is 13.2 Å². The Kier molecular flexibility index (Phi) is 4.98. The second-order valence-electron chi connectivity index (χ2n) is 3.66. The number of hydrogen-bond acceptors (Lipinski definition) is 4. The highest BCUT2D eigenvalue weighted by molar-refractivity contribution is 7.89. The molecule has 1 saturated heterocycles. The van der Waals surface area contributed by atoms with E-state index in [-0.39, 0.29) is 11.9 Å². The van der Waals surface area contributed by atoms with E-state index in [2.05, 4.69) is 0 Å². The van der Waals surface area contributed by atoms with E-state index >= 15 is 0 Å². The molecule has 5 nitrogen and oxygen atoms in total. The summed E-state index contributed by atoms with van der Waals surface area (Å²) in [6, 6.07) is 0. The van der Waals surface area contributed by atoms with Crippen LogP contribution in [-0.4, -0.2) is 50.8 Å². The summed E-state index contributed by atoms with van der Waals surface area (Å²) < 4.78 is 30.1. The number of hydrogen-bond donors (Lipinski definition) is 1. The summed E-state index contributed by atoms with van der Waals surface area (Å²) in [6.07, 6.45) is 1.73. The maximum Gasteiger partial charge on any atom is 0.213 e. The first kappa shape index (κ1) is 12.9. The van der Waals surface area contributed by atoms with Crippen molar-refractivity contribution in [2.75, 3.05) is 32.0 Å². The average Bonchev–Trinajstić information content (AvgIpc) is 2.27. The van der Waals surface area contributed by atoms with Crippen molar-refractivity contribution in [3.05, 3.63) is 0 Å². The van der Waals surface area contributed by atoms with E-state index < -0.39 is 10.0 Å². The van der Waals surface area contributed by atoms with Gasteiger partial charge < -0.3 is 10.5 Å². The average molecular weight is 236 g/mol. The Morgan fingerprint density at radius 3 is 2.47 bits per heavy atom. The fourth-order valence-electron chi connectivity index (χ4n) is 1.69. The highest BCUT2D eigenvalue weighted by Gasteiger charge is 2.26. The number of piperidine rings is 1. The predicted octanol–water partition coefficient (Wildman–Crippen LogP) is -0.224. The minimum Gasteiger partial charge on any atom is -0.377 e. The van der Waals surface area contributed by atoms with Crippen LogP contribution in [0.5, 0.6) is 0 Å². The van der Waals surface area contributed by atoms with Crippen LogP contribution in [0.3, 0.4) is 0 Å². The van der Waals surface area contributed by atoms with Gasteiger partial charge >= 0.3 is 0 Å². The molecule has 0 aromatic rings. The molecule has 1 fully saturated rings.